The van der Waals surface area contributed by atoms with Crippen LogP contribution in [0.2, 0.25) is 0 Å². The third-order valence-corrected chi connectivity index (χ3v) is 11.4. The van der Waals surface area contributed by atoms with E-state index in [0.29, 0.717) is 0 Å². The van der Waals surface area contributed by atoms with Crippen LogP contribution in [0.1, 0.15) is 146 Å². The van der Waals surface area contributed by atoms with Crippen molar-refractivity contribution in [3.8, 4) is 0 Å². The molecule has 2 saturated carbocycles. The van der Waals surface area contributed by atoms with Gasteiger partial charge in [0.15, 0.2) is 0 Å². The summed E-state index contributed by atoms with van der Waals surface area (Å²) in [5.41, 5.74) is 0. The monoisotopic (exact) mass is 475 g/mol. The summed E-state index contributed by atoms with van der Waals surface area (Å²) < 4.78 is 0. The highest BCUT2D eigenvalue weighted by molar-refractivity contribution is 4.90. The van der Waals surface area contributed by atoms with Crippen LogP contribution in [-0.4, -0.2) is 0 Å². The van der Waals surface area contributed by atoms with Gasteiger partial charge in [-0.1, -0.05) is 121 Å². The molecule has 10 unspecified atom stereocenters. The second-order valence-corrected chi connectivity index (χ2v) is 14.3. The van der Waals surface area contributed by atoms with Crippen molar-refractivity contribution in [1.29, 1.82) is 0 Å². The quantitative estimate of drug-likeness (QED) is 0.221. The third-order valence-electron chi connectivity index (χ3n) is 11.4. The summed E-state index contributed by atoms with van der Waals surface area (Å²) in [7, 11) is 0. The molecule has 2 fully saturated rings. The van der Waals surface area contributed by atoms with Gasteiger partial charge in [0.25, 0.3) is 0 Å². The summed E-state index contributed by atoms with van der Waals surface area (Å²) in [5, 5.41) is 0. The molecule has 34 heavy (non-hydrogen) atoms. The van der Waals surface area contributed by atoms with Gasteiger partial charge >= 0.3 is 0 Å². The maximum atomic E-state index is 2.67. The molecule has 0 nitrogen and oxygen atoms in total. The zero-order valence-electron chi connectivity index (χ0n) is 25.4. The lowest BCUT2D eigenvalue weighted by Crippen LogP contribution is -2.40. The van der Waals surface area contributed by atoms with Gasteiger partial charge in [0.2, 0.25) is 0 Å². The first-order valence-corrected chi connectivity index (χ1v) is 16.1. The number of hydrogen-bond acceptors (Lipinski definition) is 0. The van der Waals surface area contributed by atoms with Crippen molar-refractivity contribution in [3.05, 3.63) is 0 Å². The predicted molar refractivity (Wildman–Crippen MR) is 154 cm³/mol. The predicted octanol–water partition coefficient (Wildman–Crippen LogP) is 11.3. The summed E-state index contributed by atoms with van der Waals surface area (Å²) >= 11 is 0. The summed E-state index contributed by atoms with van der Waals surface area (Å²) in [4.78, 5) is 0. The van der Waals surface area contributed by atoms with E-state index < -0.39 is 0 Å². The molecule has 0 aromatic rings. The summed E-state index contributed by atoms with van der Waals surface area (Å²) in [6.07, 6.45) is 17.7. The Morgan fingerprint density at radius 1 is 0.647 bits per heavy atom. The van der Waals surface area contributed by atoms with E-state index in [9.17, 15) is 0 Å². The molecule has 2 aliphatic carbocycles. The fourth-order valence-corrected chi connectivity index (χ4v) is 9.01. The van der Waals surface area contributed by atoms with Gasteiger partial charge in [0.1, 0.15) is 0 Å². The van der Waals surface area contributed by atoms with Crippen molar-refractivity contribution >= 4 is 0 Å². The Kier molecular flexibility index (Phi) is 13.0. The number of rotatable bonds is 15. The van der Waals surface area contributed by atoms with E-state index in [-0.39, 0.29) is 0 Å². The second-order valence-electron chi connectivity index (χ2n) is 14.3. The molecule has 0 spiro atoms. The summed E-state index contributed by atoms with van der Waals surface area (Å²) in [5.74, 6) is 10.8. The molecule has 0 radical (unpaired) electrons. The third kappa shape index (κ3) is 8.26. The average molecular weight is 475 g/mol. The van der Waals surface area contributed by atoms with Crippen molar-refractivity contribution < 1.29 is 0 Å². The molecule has 0 amide bonds. The van der Waals surface area contributed by atoms with E-state index in [4.69, 9.17) is 0 Å². The minimum atomic E-state index is 0.785. The van der Waals surface area contributed by atoms with Crippen LogP contribution in [0.3, 0.4) is 0 Å². The van der Waals surface area contributed by atoms with E-state index in [0.717, 1.165) is 71.0 Å². The molecule has 0 aromatic carbocycles. The van der Waals surface area contributed by atoms with Crippen LogP contribution in [0.25, 0.3) is 0 Å². The van der Waals surface area contributed by atoms with Crippen LogP contribution < -0.4 is 0 Å². The average Bonchev–Trinajstić information content (AvgIpc) is 3.48. The van der Waals surface area contributed by atoms with Gasteiger partial charge in [-0.2, -0.15) is 0 Å². The molecule has 0 heteroatoms. The molecule has 2 aliphatic rings. The van der Waals surface area contributed by atoms with Gasteiger partial charge < -0.3 is 0 Å². The van der Waals surface area contributed by atoms with Gasteiger partial charge in [-0.25, -0.2) is 0 Å². The molecule has 0 N–H and O–H groups in total. The van der Waals surface area contributed by atoms with Crippen LogP contribution in [0.4, 0.5) is 0 Å². The fourth-order valence-electron chi connectivity index (χ4n) is 9.01. The second kappa shape index (κ2) is 14.7. The van der Waals surface area contributed by atoms with Crippen LogP contribution in [0.5, 0.6) is 0 Å². The Labute approximate surface area is 217 Å². The van der Waals surface area contributed by atoms with E-state index in [2.05, 4.69) is 69.2 Å². The SMILES string of the molecule is CCCC(C)C(C)C(C(C)CC(C)CC)C(C(C)C)C(C)C(C)CC1CCC(C2CCCC2)C1. The Hall–Kier alpha value is 0. The van der Waals surface area contributed by atoms with Crippen molar-refractivity contribution in [2.75, 3.05) is 0 Å². The van der Waals surface area contributed by atoms with Crippen LogP contribution in [0.15, 0.2) is 0 Å². The minimum absolute atomic E-state index is 0.785. The van der Waals surface area contributed by atoms with Gasteiger partial charge in [-0.05, 0) is 96.7 Å². The van der Waals surface area contributed by atoms with E-state index in [1.165, 1.54) is 51.4 Å². The minimum Gasteiger partial charge on any atom is -0.0654 e. The topological polar surface area (TPSA) is 0 Å². The van der Waals surface area contributed by atoms with Crippen LogP contribution >= 0.6 is 0 Å². The standard InChI is InChI=1S/C34H66/c1-11-15-25(6)28(9)34(27(8)20-24(5)12-2)33(23(3)4)29(10)26(7)21-30-18-19-32(22-30)31-16-13-14-17-31/h23-34H,11-22H2,1-10H3. The first kappa shape index (κ1) is 30.2. The molecule has 2 rings (SSSR count). The zero-order chi connectivity index (χ0) is 25.4. The molecule has 0 bridgehead atoms. The van der Waals surface area contributed by atoms with Gasteiger partial charge in [0, 0.05) is 0 Å². The van der Waals surface area contributed by atoms with Crippen molar-refractivity contribution in [3.63, 3.8) is 0 Å². The molecule has 10 atom stereocenters. The lowest BCUT2D eigenvalue weighted by atomic mass is 9.59. The molecule has 0 saturated heterocycles. The normalized spacial score (nSPS) is 29.0. The fraction of sp³-hybridized carbons (Fsp3) is 1.00. The van der Waals surface area contributed by atoms with Crippen molar-refractivity contribution in [2.24, 2.45) is 71.0 Å². The first-order chi connectivity index (χ1) is 16.1. The first-order valence-electron chi connectivity index (χ1n) is 16.1. The molecule has 202 valence electrons. The maximum absolute atomic E-state index is 2.67. The van der Waals surface area contributed by atoms with Crippen molar-refractivity contribution in [2.45, 2.75) is 146 Å². The molecule has 0 aliphatic heterocycles. The molecule has 0 aromatic heterocycles. The van der Waals surface area contributed by atoms with Crippen molar-refractivity contribution in [1.82, 2.24) is 0 Å². The van der Waals surface area contributed by atoms with Gasteiger partial charge in [-0.3, -0.25) is 0 Å². The Balaban J connectivity index is 2.13. The number of hydrogen-bond donors (Lipinski definition) is 0. The zero-order valence-corrected chi connectivity index (χ0v) is 25.4. The highest BCUT2D eigenvalue weighted by Crippen LogP contribution is 2.49. The maximum Gasteiger partial charge on any atom is -0.0327 e. The van der Waals surface area contributed by atoms with E-state index >= 15 is 0 Å². The summed E-state index contributed by atoms with van der Waals surface area (Å²) in [6.45, 7) is 25.5. The highest BCUT2D eigenvalue weighted by Gasteiger charge is 2.41. The molecular weight excluding hydrogens is 408 g/mol. The highest BCUT2D eigenvalue weighted by atomic mass is 14.5. The van der Waals surface area contributed by atoms with E-state index in [1.807, 2.05) is 0 Å². The summed E-state index contributed by atoms with van der Waals surface area (Å²) in [6, 6.07) is 0. The van der Waals surface area contributed by atoms with Crippen LogP contribution in [0, 0.1) is 71.0 Å². The van der Waals surface area contributed by atoms with Gasteiger partial charge in [0.05, 0.1) is 0 Å². The van der Waals surface area contributed by atoms with E-state index in [1.54, 1.807) is 25.7 Å². The molecule has 0 heterocycles. The lowest BCUT2D eigenvalue weighted by molar-refractivity contribution is 0.0257. The smallest absolute Gasteiger partial charge is 0.0327 e. The Bertz CT molecular complexity index is 528. The Morgan fingerprint density at radius 2 is 1.26 bits per heavy atom. The largest absolute Gasteiger partial charge is 0.0654 e. The molecular formula is C34H66. The van der Waals surface area contributed by atoms with Gasteiger partial charge in [-0.15, -0.1) is 0 Å². The lowest BCUT2D eigenvalue weighted by Gasteiger charge is -2.46. The Morgan fingerprint density at radius 3 is 1.82 bits per heavy atom. The van der Waals surface area contributed by atoms with Crippen LogP contribution in [-0.2, 0) is 0 Å².